The lowest BCUT2D eigenvalue weighted by molar-refractivity contribution is -0.166. The smallest absolute Gasteiger partial charge is 0.317 e. The van der Waals surface area contributed by atoms with E-state index in [1.54, 1.807) is 34.6 Å². The van der Waals surface area contributed by atoms with Gasteiger partial charge in [-0.15, -0.1) is 0 Å². The lowest BCUT2D eigenvalue weighted by Crippen LogP contribution is -2.34. The van der Waals surface area contributed by atoms with Crippen LogP contribution in [0.3, 0.4) is 0 Å². The number of esters is 2. The standard InChI is InChI=1S/C13H22O5/c1-6-10(14)9(8-11(15)17-7-2)12(16)18-13(3,4)5/h9H,6-8H2,1-5H3. The van der Waals surface area contributed by atoms with Crippen LogP contribution in [0.25, 0.3) is 0 Å². The first kappa shape index (κ1) is 16.6. The molecule has 0 saturated heterocycles. The number of rotatable bonds is 6. The molecule has 0 bridgehead atoms. The largest absolute Gasteiger partial charge is 0.466 e. The van der Waals surface area contributed by atoms with Crippen molar-refractivity contribution in [1.29, 1.82) is 0 Å². The Bertz CT molecular complexity index is 314. The maximum absolute atomic E-state index is 11.8. The van der Waals surface area contributed by atoms with Gasteiger partial charge in [0, 0.05) is 6.42 Å². The van der Waals surface area contributed by atoms with Crippen LogP contribution in [0.4, 0.5) is 0 Å². The van der Waals surface area contributed by atoms with E-state index in [-0.39, 0.29) is 25.2 Å². The van der Waals surface area contributed by atoms with Crippen molar-refractivity contribution in [3.63, 3.8) is 0 Å². The molecule has 0 heterocycles. The van der Waals surface area contributed by atoms with Gasteiger partial charge in [-0.1, -0.05) is 6.92 Å². The van der Waals surface area contributed by atoms with Crippen LogP contribution in [-0.2, 0) is 23.9 Å². The van der Waals surface area contributed by atoms with Crippen molar-refractivity contribution in [2.45, 2.75) is 53.1 Å². The van der Waals surface area contributed by atoms with E-state index in [9.17, 15) is 14.4 Å². The monoisotopic (exact) mass is 258 g/mol. The predicted molar refractivity (Wildman–Crippen MR) is 65.9 cm³/mol. The highest BCUT2D eigenvalue weighted by molar-refractivity contribution is 6.01. The highest BCUT2D eigenvalue weighted by Gasteiger charge is 2.32. The molecular weight excluding hydrogens is 236 g/mol. The first-order valence-electron chi connectivity index (χ1n) is 6.12. The maximum atomic E-state index is 11.8. The van der Waals surface area contributed by atoms with Crippen molar-refractivity contribution in [3.8, 4) is 0 Å². The molecule has 0 fully saturated rings. The molecular formula is C13H22O5. The van der Waals surface area contributed by atoms with Crippen LogP contribution in [0.1, 0.15) is 47.5 Å². The Morgan fingerprint density at radius 1 is 1.11 bits per heavy atom. The molecule has 0 rings (SSSR count). The minimum atomic E-state index is -1.06. The maximum Gasteiger partial charge on any atom is 0.317 e. The SMILES string of the molecule is CCOC(=O)CC(C(=O)CC)C(=O)OC(C)(C)C. The number of ketones is 1. The summed E-state index contributed by atoms with van der Waals surface area (Å²) in [5.74, 6) is -2.59. The Kier molecular flexibility index (Phi) is 6.58. The van der Waals surface area contributed by atoms with Gasteiger partial charge in [0.25, 0.3) is 0 Å². The molecule has 0 aliphatic carbocycles. The molecule has 104 valence electrons. The summed E-state index contributed by atoms with van der Waals surface area (Å²) in [4.78, 5) is 34.9. The van der Waals surface area contributed by atoms with E-state index in [0.29, 0.717) is 0 Å². The van der Waals surface area contributed by atoms with Crippen LogP contribution in [0, 0.1) is 5.92 Å². The normalized spacial score (nSPS) is 12.7. The molecule has 0 aliphatic rings. The van der Waals surface area contributed by atoms with Gasteiger partial charge < -0.3 is 9.47 Å². The Balaban J connectivity index is 4.73. The summed E-state index contributed by atoms with van der Waals surface area (Å²) in [5.41, 5.74) is -0.683. The molecule has 0 spiro atoms. The van der Waals surface area contributed by atoms with E-state index in [1.165, 1.54) is 0 Å². The van der Waals surface area contributed by atoms with E-state index in [0.717, 1.165) is 0 Å². The number of hydrogen-bond donors (Lipinski definition) is 0. The van der Waals surface area contributed by atoms with Crippen LogP contribution in [0.5, 0.6) is 0 Å². The molecule has 0 radical (unpaired) electrons. The van der Waals surface area contributed by atoms with Gasteiger partial charge in [-0.25, -0.2) is 0 Å². The lowest BCUT2D eigenvalue weighted by atomic mass is 9.98. The molecule has 0 aromatic carbocycles. The summed E-state index contributed by atoms with van der Waals surface area (Å²) in [6.07, 6.45) is -0.0707. The molecule has 0 aromatic heterocycles. The third kappa shape index (κ3) is 6.37. The fourth-order valence-corrected chi connectivity index (χ4v) is 1.33. The average molecular weight is 258 g/mol. The van der Waals surface area contributed by atoms with Crippen molar-refractivity contribution < 1.29 is 23.9 Å². The first-order valence-corrected chi connectivity index (χ1v) is 6.12. The van der Waals surface area contributed by atoms with Gasteiger partial charge in [0.2, 0.25) is 0 Å². The van der Waals surface area contributed by atoms with Crippen molar-refractivity contribution >= 4 is 17.7 Å². The molecule has 1 unspecified atom stereocenters. The molecule has 0 N–H and O–H groups in total. The molecule has 0 saturated carbocycles. The van der Waals surface area contributed by atoms with E-state index < -0.39 is 23.5 Å². The van der Waals surface area contributed by atoms with E-state index in [1.807, 2.05) is 0 Å². The summed E-state index contributed by atoms with van der Waals surface area (Å²) in [6.45, 7) is 8.67. The highest BCUT2D eigenvalue weighted by atomic mass is 16.6. The molecule has 5 heteroatoms. The van der Waals surface area contributed by atoms with Gasteiger partial charge in [-0.3, -0.25) is 14.4 Å². The van der Waals surface area contributed by atoms with Crippen LogP contribution in [0.2, 0.25) is 0 Å². The Morgan fingerprint density at radius 2 is 1.67 bits per heavy atom. The van der Waals surface area contributed by atoms with Crippen molar-refractivity contribution in [2.75, 3.05) is 6.61 Å². The van der Waals surface area contributed by atoms with Gasteiger partial charge in [0.15, 0.2) is 0 Å². The molecule has 0 aromatic rings. The van der Waals surface area contributed by atoms with Gasteiger partial charge in [-0.2, -0.15) is 0 Å². The average Bonchev–Trinajstić information content (AvgIpc) is 2.22. The number of carbonyl (C=O) groups excluding carboxylic acids is 3. The van der Waals surface area contributed by atoms with Gasteiger partial charge in [-0.05, 0) is 27.7 Å². The molecule has 5 nitrogen and oxygen atoms in total. The van der Waals surface area contributed by atoms with Gasteiger partial charge in [0.05, 0.1) is 13.0 Å². The van der Waals surface area contributed by atoms with E-state index in [2.05, 4.69) is 0 Å². The van der Waals surface area contributed by atoms with E-state index >= 15 is 0 Å². The minimum absolute atomic E-state index is 0.184. The highest BCUT2D eigenvalue weighted by Crippen LogP contribution is 2.16. The molecule has 1 atom stereocenters. The van der Waals surface area contributed by atoms with Crippen molar-refractivity contribution in [2.24, 2.45) is 5.92 Å². The van der Waals surface area contributed by atoms with Crippen molar-refractivity contribution in [1.82, 2.24) is 0 Å². The lowest BCUT2D eigenvalue weighted by Gasteiger charge is -2.22. The first-order chi connectivity index (χ1) is 8.21. The second kappa shape index (κ2) is 7.13. The van der Waals surface area contributed by atoms with Crippen LogP contribution in [-0.4, -0.2) is 29.9 Å². The Hall–Kier alpha value is -1.39. The van der Waals surface area contributed by atoms with Crippen LogP contribution < -0.4 is 0 Å². The topological polar surface area (TPSA) is 69.7 Å². The number of carbonyl (C=O) groups is 3. The van der Waals surface area contributed by atoms with Gasteiger partial charge >= 0.3 is 11.9 Å². The third-order valence-electron chi connectivity index (χ3n) is 2.10. The molecule has 0 aliphatic heterocycles. The Labute approximate surface area is 108 Å². The quantitative estimate of drug-likeness (QED) is 0.537. The Morgan fingerprint density at radius 3 is 2.06 bits per heavy atom. The predicted octanol–water partition coefficient (Wildman–Crippen LogP) is 1.88. The molecule has 18 heavy (non-hydrogen) atoms. The fourth-order valence-electron chi connectivity index (χ4n) is 1.33. The second-order valence-electron chi connectivity index (χ2n) is 4.92. The number of ether oxygens (including phenoxy) is 2. The van der Waals surface area contributed by atoms with Gasteiger partial charge in [0.1, 0.15) is 17.3 Å². The zero-order valence-electron chi connectivity index (χ0n) is 11.7. The second-order valence-corrected chi connectivity index (χ2v) is 4.92. The summed E-state index contributed by atoms with van der Waals surface area (Å²) in [6, 6.07) is 0. The third-order valence-corrected chi connectivity index (χ3v) is 2.10. The zero-order valence-corrected chi connectivity index (χ0v) is 11.7. The number of hydrogen-bond acceptors (Lipinski definition) is 5. The summed E-state index contributed by atoms with van der Waals surface area (Å²) >= 11 is 0. The zero-order chi connectivity index (χ0) is 14.3. The van der Waals surface area contributed by atoms with E-state index in [4.69, 9.17) is 9.47 Å². The number of Topliss-reactive ketones (excluding diaryl/α,β-unsaturated/α-hetero) is 1. The summed E-state index contributed by atoms with van der Waals surface area (Å²) < 4.78 is 9.88. The fraction of sp³-hybridized carbons (Fsp3) is 0.769. The van der Waals surface area contributed by atoms with Crippen LogP contribution >= 0.6 is 0 Å². The summed E-state index contributed by atoms with van der Waals surface area (Å²) in [5, 5.41) is 0. The van der Waals surface area contributed by atoms with Crippen molar-refractivity contribution in [3.05, 3.63) is 0 Å². The van der Waals surface area contributed by atoms with Crippen LogP contribution in [0.15, 0.2) is 0 Å². The summed E-state index contributed by atoms with van der Waals surface area (Å²) in [7, 11) is 0. The molecule has 0 amide bonds. The minimum Gasteiger partial charge on any atom is -0.466 e.